The Hall–Kier alpha value is -1.30. The van der Waals surface area contributed by atoms with Gasteiger partial charge in [-0.2, -0.15) is 0 Å². The first-order valence-corrected chi connectivity index (χ1v) is 26.1. The summed E-state index contributed by atoms with van der Waals surface area (Å²) < 4.78 is 37.0. The van der Waals surface area contributed by atoms with Crippen LogP contribution < -0.4 is 0 Å². The molecule has 1 N–H and O–H groups in total. The van der Waals surface area contributed by atoms with Crippen LogP contribution in [-0.2, 0) is 38.0 Å². The van der Waals surface area contributed by atoms with E-state index >= 15 is 0 Å². The van der Waals surface area contributed by atoms with E-state index in [-0.39, 0.29) is 62.1 Å². The Morgan fingerprint density at radius 2 is 0.951 bits per heavy atom. The maximum absolute atomic E-state index is 13.4. The third-order valence-corrected chi connectivity index (χ3v) is 12.9. The van der Waals surface area contributed by atoms with Gasteiger partial charge in [-0.3, -0.25) is 14.5 Å². The number of carbonyl (C=O) groups is 2. The maximum Gasteiger partial charge on any atom is 0.306 e. The minimum atomic E-state index is -0.407. The van der Waals surface area contributed by atoms with E-state index in [1.807, 2.05) is 0 Å². The van der Waals surface area contributed by atoms with Crippen LogP contribution >= 0.6 is 0 Å². The van der Waals surface area contributed by atoms with Gasteiger partial charge in [-0.25, -0.2) is 0 Å². The first kappa shape index (κ1) is 55.8. The van der Waals surface area contributed by atoms with Gasteiger partial charge in [0.25, 0.3) is 0 Å². The van der Waals surface area contributed by atoms with Crippen LogP contribution in [0, 0.1) is 5.92 Å². The van der Waals surface area contributed by atoms with E-state index < -0.39 is 12.6 Å². The van der Waals surface area contributed by atoms with Gasteiger partial charge in [0.15, 0.2) is 12.6 Å². The first-order valence-electron chi connectivity index (χ1n) is 26.1. The fourth-order valence-corrected chi connectivity index (χ4v) is 9.11. The zero-order chi connectivity index (χ0) is 44.0. The van der Waals surface area contributed by atoms with Gasteiger partial charge in [0, 0.05) is 70.8 Å². The van der Waals surface area contributed by atoms with Crippen molar-refractivity contribution in [2.24, 2.45) is 5.92 Å². The van der Waals surface area contributed by atoms with Crippen LogP contribution in [-0.4, -0.2) is 98.9 Å². The van der Waals surface area contributed by atoms with Crippen molar-refractivity contribution in [1.29, 1.82) is 0 Å². The molecule has 360 valence electrons. The minimum absolute atomic E-state index is 0.0569. The average Bonchev–Trinajstić information content (AvgIpc) is 3.26. The van der Waals surface area contributed by atoms with Crippen molar-refractivity contribution in [1.82, 2.24) is 4.90 Å². The highest BCUT2D eigenvalue weighted by atomic mass is 16.7. The number of rotatable bonds is 44. The predicted octanol–water partition coefficient (Wildman–Crippen LogP) is 12.4. The third-order valence-electron chi connectivity index (χ3n) is 12.9. The van der Waals surface area contributed by atoms with Crippen molar-refractivity contribution in [3.63, 3.8) is 0 Å². The molecule has 0 spiro atoms. The molecule has 0 aromatic heterocycles. The molecule has 3 rings (SSSR count). The highest BCUT2D eigenvalue weighted by molar-refractivity contribution is 5.70. The molecule has 10 nitrogen and oxygen atoms in total. The van der Waals surface area contributed by atoms with Crippen LogP contribution in [0.25, 0.3) is 0 Å². The molecule has 4 atom stereocenters. The highest BCUT2D eigenvalue weighted by Crippen LogP contribution is 2.42. The molecule has 10 heteroatoms. The molecule has 1 saturated carbocycles. The summed E-state index contributed by atoms with van der Waals surface area (Å²) >= 11 is 0. The lowest BCUT2D eigenvalue weighted by Crippen LogP contribution is -2.62. The van der Waals surface area contributed by atoms with Crippen molar-refractivity contribution >= 4 is 11.9 Å². The largest absolute Gasteiger partial charge is 0.464 e. The Labute approximate surface area is 375 Å². The molecule has 2 saturated heterocycles. The molecule has 0 radical (unpaired) electrons. The number of carbonyl (C=O) groups excluding carboxylic acids is 2. The molecule has 2 unspecified atom stereocenters. The normalized spacial score (nSPS) is 19.1. The molecule has 2 aliphatic heterocycles. The van der Waals surface area contributed by atoms with Gasteiger partial charge in [-0.05, 0) is 44.9 Å². The Kier molecular flexibility index (Phi) is 35.8. The van der Waals surface area contributed by atoms with Gasteiger partial charge in [0.05, 0.1) is 18.9 Å². The molecule has 3 fully saturated rings. The molecule has 1 aliphatic carbocycles. The summed E-state index contributed by atoms with van der Waals surface area (Å²) in [4.78, 5) is 29.1. The van der Waals surface area contributed by atoms with Crippen molar-refractivity contribution in [3.8, 4) is 0 Å². The number of hydrogen-bond donors (Lipinski definition) is 1. The van der Waals surface area contributed by atoms with Crippen LogP contribution in [0.15, 0.2) is 0 Å². The van der Waals surface area contributed by atoms with Crippen LogP contribution in [0.2, 0.25) is 0 Å². The smallest absolute Gasteiger partial charge is 0.306 e. The number of piperidine rings is 2. The van der Waals surface area contributed by atoms with E-state index in [0.717, 1.165) is 77.2 Å². The number of esters is 2. The van der Waals surface area contributed by atoms with E-state index in [1.165, 1.54) is 103 Å². The summed E-state index contributed by atoms with van der Waals surface area (Å²) in [6.07, 6.45) is 32.6. The standard InChI is InChI=1S/C51H97NO9/c1-5-9-13-17-21-25-38-56-50(57-39-26-22-18-14-10-6-2)34-32-48(54)60-43-46-45-31-30-44(52(46)36-29-37-53)42-47(45)61-49(55)33-35-51(58-40-27-23-19-15-11-7-3)59-41-28-24-20-16-12-8-4/h44-47,50-51,53H,5-43H2,1-4H3/t44?,45?,46-,47-/m1/s1. The van der Waals surface area contributed by atoms with Crippen LogP contribution in [0.3, 0.4) is 0 Å². The van der Waals surface area contributed by atoms with Crippen molar-refractivity contribution in [3.05, 3.63) is 0 Å². The Balaban J connectivity index is 1.91. The first-order chi connectivity index (χ1) is 30.0. The van der Waals surface area contributed by atoms with E-state index in [9.17, 15) is 14.7 Å². The number of ether oxygens (including phenoxy) is 6. The molecule has 0 amide bonds. The van der Waals surface area contributed by atoms with Gasteiger partial charge >= 0.3 is 11.9 Å². The third kappa shape index (κ3) is 27.6. The second kappa shape index (κ2) is 39.1. The SMILES string of the molecule is CCCCCCCCOC(CCC(=O)OC[C@@H]1C2CCC(C[C@H]2OC(=O)CCC(OCCCCCCCC)OCCCCCCCC)N1CCCO)OCCCCCCCC. The lowest BCUT2D eigenvalue weighted by molar-refractivity contribution is -0.179. The molecular weight excluding hydrogens is 771 g/mol. The Morgan fingerprint density at radius 1 is 0.541 bits per heavy atom. The fourth-order valence-electron chi connectivity index (χ4n) is 9.11. The van der Waals surface area contributed by atoms with Crippen LogP contribution in [0.1, 0.15) is 233 Å². The summed E-state index contributed by atoms with van der Waals surface area (Å²) in [5.74, 6) is -0.390. The zero-order valence-corrected chi connectivity index (χ0v) is 40.2. The molecule has 2 heterocycles. The second-order valence-corrected chi connectivity index (χ2v) is 18.2. The monoisotopic (exact) mass is 868 g/mol. The van der Waals surface area contributed by atoms with Crippen molar-refractivity contribution in [2.45, 2.75) is 264 Å². The number of fused-ring (bicyclic) bond motifs is 3. The number of aliphatic hydroxyl groups excluding tert-OH is 1. The van der Waals surface area contributed by atoms with Gasteiger partial charge in [0.2, 0.25) is 0 Å². The lowest BCUT2D eigenvalue weighted by atomic mass is 9.72. The summed E-state index contributed by atoms with van der Waals surface area (Å²) in [6, 6.07) is 0.167. The highest BCUT2D eigenvalue weighted by Gasteiger charge is 2.49. The van der Waals surface area contributed by atoms with E-state index in [4.69, 9.17) is 28.4 Å². The molecule has 61 heavy (non-hydrogen) atoms. The minimum Gasteiger partial charge on any atom is -0.464 e. The number of nitrogens with zero attached hydrogens (tertiary/aromatic N) is 1. The Bertz CT molecular complexity index is 980. The predicted molar refractivity (Wildman–Crippen MR) is 248 cm³/mol. The summed E-state index contributed by atoms with van der Waals surface area (Å²) in [5, 5.41) is 9.72. The van der Waals surface area contributed by atoms with Gasteiger partial charge in [0.1, 0.15) is 12.7 Å². The zero-order valence-electron chi connectivity index (χ0n) is 40.2. The Morgan fingerprint density at radius 3 is 1.38 bits per heavy atom. The van der Waals surface area contributed by atoms with Gasteiger partial charge < -0.3 is 33.5 Å². The molecule has 0 aromatic carbocycles. The maximum atomic E-state index is 13.4. The van der Waals surface area contributed by atoms with E-state index in [0.29, 0.717) is 45.7 Å². The van der Waals surface area contributed by atoms with Crippen LogP contribution in [0.5, 0.6) is 0 Å². The topological polar surface area (TPSA) is 113 Å². The summed E-state index contributed by atoms with van der Waals surface area (Å²) in [5.41, 5.74) is 0. The summed E-state index contributed by atoms with van der Waals surface area (Å²) in [6.45, 7) is 12.6. The molecule has 0 aromatic rings. The van der Waals surface area contributed by atoms with Gasteiger partial charge in [-0.15, -0.1) is 0 Å². The molecule has 3 aliphatic rings. The average molecular weight is 868 g/mol. The molecule has 2 bridgehead atoms. The number of aliphatic hydroxyl groups is 1. The van der Waals surface area contributed by atoms with E-state index in [1.54, 1.807) is 0 Å². The van der Waals surface area contributed by atoms with Gasteiger partial charge in [-0.1, -0.05) is 156 Å². The quantitative estimate of drug-likeness (QED) is 0.0361. The number of hydrogen-bond acceptors (Lipinski definition) is 10. The van der Waals surface area contributed by atoms with Crippen molar-refractivity contribution in [2.75, 3.05) is 46.2 Å². The van der Waals surface area contributed by atoms with E-state index in [2.05, 4.69) is 32.6 Å². The summed E-state index contributed by atoms with van der Waals surface area (Å²) in [7, 11) is 0. The molecular formula is C51H97NO9. The second-order valence-electron chi connectivity index (χ2n) is 18.2. The fraction of sp³-hybridized carbons (Fsp3) is 0.961. The lowest BCUT2D eigenvalue weighted by Gasteiger charge is -2.54. The van der Waals surface area contributed by atoms with Crippen molar-refractivity contribution < 1.29 is 43.1 Å². The van der Waals surface area contributed by atoms with Crippen LogP contribution in [0.4, 0.5) is 0 Å². The number of unbranched alkanes of at least 4 members (excludes halogenated alkanes) is 20.